The van der Waals surface area contributed by atoms with E-state index in [4.69, 9.17) is 15.7 Å². The van der Waals surface area contributed by atoms with Crippen LogP contribution in [0.25, 0.3) is 0 Å². The molecular weight excluding hydrogens is 262 g/mol. The SMILES string of the molecule is NC(=NO)c1ccc(OCC(=O)N2CCC(O)C2)cc1. The number of aliphatic hydroxyl groups is 1. The summed E-state index contributed by atoms with van der Waals surface area (Å²) in [6, 6.07) is 6.54. The fourth-order valence-electron chi connectivity index (χ4n) is 1.98. The average Bonchev–Trinajstić information content (AvgIpc) is 2.91. The van der Waals surface area contributed by atoms with Crippen LogP contribution in [0.15, 0.2) is 29.4 Å². The van der Waals surface area contributed by atoms with Gasteiger partial charge in [0.15, 0.2) is 12.4 Å². The first kappa shape index (κ1) is 14.1. The molecule has 0 spiro atoms. The van der Waals surface area contributed by atoms with Gasteiger partial charge < -0.3 is 25.7 Å². The van der Waals surface area contributed by atoms with Crippen molar-refractivity contribution in [1.29, 1.82) is 0 Å². The Kier molecular flexibility index (Phi) is 4.41. The largest absolute Gasteiger partial charge is 0.484 e. The number of hydrogen-bond donors (Lipinski definition) is 3. The second-order valence-corrected chi connectivity index (χ2v) is 4.58. The summed E-state index contributed by atoms with van der Waals surface area (Å²) < 4.78 is 5.37. The standard InChI is InChI=1S/C13H17N3O4/c14-13(15-19)9-1-3-11(4-2-9)20-8-12(18)16-6-5-10(17)7-16/h1-4,10,17,19H,5-8H2,(H2,14,15). The lowest BCUT2D eigenvalue weighted by atomic mass is 10.2. The van der Waals surface area contributed by atoms with Gasteiger partial charge >= 0.3 is 0 Å². The van der Waals surface area contributed by atoms with Crippen LogP contribution in [0.4, 0.5) is 0 Å². The van der Waals surface area contributed by atoms with Gasteiger partial charge in [-0.3, -0.25) is 4.79 Å². The van der Waals surface area contributed by atoms with Gasteiger partial charge in [-0.05, 0) is 30.7 Å². The Morgan fingerprint density at radius 3 is 2.70 bits per heavy atom. The van der Waals surface area contributed by atoms with Crippen LogP contribution in [0.5, 0.6) is 5.75 Å². The molecule has 1 aromatic rings. The molecule has 1 heterocycles. The van der Waals surface area contributed by atoms with E-state index in [-0.39, 0.29) is 18.3 Å². The van der Waals surface area contributed by atoms with E-state index in [0.717, 1.165) is 0 Å². The first-order valence-electron chi connectivity index (χ1n) is 6.26. The number of amides is 1. The van der Waals surface area contributed by atoms with E-state index in [1.807, 2.05) is 0 Å². The summed E-state index contributed by atoms with van der Waals surface area (Å²) >= 11 is 0. The molecule has 0 aliphatic carbocycles. The molecule has 0 saturated carbocycles. The van der Waals surface area contributed by atoms with Gasteiger partial charge in [0, 0.05) is 18.7 Å². The Bertz CT molecular complexity index is 501. The first-order valence-corrected chi connectivity index (χ1v) is 6.26. The second-order valence-electron chi connectivity index (χ2n) is 4.58. The van der Waals surface area contributed by atoms with Gasteiger partial charge in [0.1, 0.15) is 5.75 Å². The zero-order chi connectivity index (χ0) is 14.5. The Hall–Kier alpha value is -2.28. The molecule has 1 unspecified atom stereocenters. The molecular formula is C13H17N3O4. The Balaban J connectivity index is 1.86. The molecule has 108 valence electrons. The number of carbonyl (C=O) groups is 1. The Morgan fingerprint density at radius 2 is 2.15 bits per heavy atom. The third kappa shape index (κ3) is 3.39. The van der Waals surface area contributed by atoms with Crippen LogP contribution >= 0.6 is 0 Å². The summed E-state index contributed by atoms with van der Waals surface area (Å²) in [6.45, 7) is 0.853. The van der Waals surface area contributed by atoms with E-state index in [9.17, 15) is 9.90 Å². The van der Waals surface area contributed by atoms with Crippen molar-refractivity contribution in [2.24, 2.45) is 10.9 Å². The Morgan fingerprint density at radius 1 is 1.45 bits per heavy atom. The lowest BCUT2D eigenvalue weighted by molar-refractivity contribution is -0.132. The number of nitrogens with two attached hydrogens (primary N) is 1. The summed E-state index contributed by atoms with van der Waals surface area (Å²) in [5.74, 6) is 0.383. The number of hydrogen-bond acceptors (Lipinski definition) is 5. The van der Waals surface area contributed by atoms with Crippen molar-refractivity contribution in [2.75, 3.05) is 19.7 Å². The maximum atomic E-state index is 11.8. The number of nitrogens with zero attached hydrogens (tertiary/aromatic N) is 2. The number of aliphatic hydroxyl groups excluding tert-OH is 1. The minimum atomic E-state index is -0.432. The summed E-state index contributed by atoms with van der Waals surface area (Å²) in [7, 11) is 0. The molecule has 0 bridgehead atoms. The third-order valence-electron chi connectivity index (χ3n) is 3.14. The molecule has 1 amide bonds. The number of carbonyl (C=O) groups excluding carboxylic acids is 1. The van der Waals surface area contributed by atoms with Gasteiger partial charge in [0.25, 0.3) is 5.91 Å². The number of likely N-dealkylation sites (tertiary alicyclic amines) is 1. The van der Waals surface area contributed by atoms with Gasteiger partial charge in [-0.1, -0.05) is 5.16 Å². The molecule has 1 atom stereocenters. The quantitative estimate of drug-likeness (QED) is 0.305. The third-order valence-corrected chi connectivity index (χ3v) is 3.14. The molecule has 1 saturated heterocycles. The van der Waals surface area contributed by atoms with Gasteiger partial charge in [-0.2, -0.15) is 0 Å². The molecule has 1 aliphatic heterocycles. The predicted molar refractivity (Wildman–Crippen MR) is 71.7 cm³/mol. The molecule has 0 aromatic heterocycles. The van der Waals surface area contributed by atoms with E-state index in [0.29, 0.717) is 30.8 Å². The van der Waals surface area contributed by atoms with Gasteiger partial charge in [0.05, 0.1) is 6.10 Å². The summed E-state index contributed by atoms with van der Waals surface area (Å²) in [5, 5.41) is 20.8. The van der Waals surface area contributed by atoms with Crippen LogP contribution in [-0.4, -0.2) is 52.8 Å². The second kappa shape index (κ2) is 6.25. The minimum absolute atomic E-state index is 0.0127. The van der Waals surface area contributed by atoms with E-state index >= 15 is 0 Å². The fourth-order valence-corrected chi connectivity index (χ4v) is 1.98. The topological polar surface area (TPSA) is 108 Å². The summed E-state index contributed by atoms with van der Waals surface area (Å²) in [6.07, 6.45) is 0.180. The highest BCUT2D eigenvalue weighted by molar-refractivity contribution is 5.97. The molecule has 20 heavy (non-hydrogen) atoms. The number of rotatable bonds is 4. The van der Waals surface area contributed by atoms with Crippen molar-refractivity contribution in [2.45, 2.75) is 12.5 Å². The molecule has 7 heteroatoms. The maximum Gasteiger partial charge on any atom is 0.260 e. The molecule has 1 fully saturated rings. The lowest BCUT2D eigenvalue weighted by Gasteiger charge is -2.15. The normalized spacial score (nSPS) is 19.1. The molecule has 1 aromatic carbocycles. The highest BCUT2D eigenvalue weighted by Crippen LogP contribution is 2.13. The van der Waals surface area contributed by atoms with Crippen molar-refractivity contribution in [1.82, 2.24) is 4.90 Å². The van der Waals surface area contributed by atoms with Crippen LogP contribution in [0.3, 0.4) is 0 Å². The van der Waals surface area contributed by atoms with Crippen LogP contribution < -0.4 is 10.5 Å². The number of β-amino-alcohol motifs (C(OH)–C–C–N with tert-alkyl or cyclic N) is 1. The van der Waals surface area contributed by atoms with E-state index < -0.39 is 6.10 Å². The van der Waals surface area contributed by atoms with Crippen molar-refractivity contribution in [3.8, 4) is 5.75 Å². The molecule has 1 aliphatic rings. The minimum Gasteiger partial charge on any atom is -0.484 e. The van der Waals surface area contributed by atoms with Crippen LogP contribution in [0.2, 0.25) is 0 Å². The number of benzene rings is 1. The van der Waals surface area contributed by atoms with Crippen molar-refractivity contribution in [3.05, 3.63) is 29.8 Å². The molecule has 4 N–H and O–H groups in total. The summed E-state index contributed by atoms with van der Waals surface area (Å²) in [5.41, 5.74) is 6.00. The Labute approximate surface area is 116 Å². The number of oxime groups is 1. The fraction of sp³-hybridized carbons (Fsp3) is 0.385. The number of amidine groups is 1. The van der Waals surface area contributed by atoms with Gasteiger partial charge in [0.2, 0.25) is 0 Å². The zero-order valence-electron chi connectivity index (χ0n) is 10.9. The van der Waals surface area contributed by atoms with Crippen LogP contribution in [0, 0.1) is 0 Å². The zero-order valence-corrected chi connectivity index (χ0v) is 10.9. The van der Waals surface area contributed by atoms with Crippen molar-refractivity contribution < 1.29 is 19.8 Å². The van der Waals surface area contributed by atoms with E-state index in [1.54, 1.807) is 29.2 Å². The van der Waals surface area contributed by atoms with Gasteiger partial charge in [-0.15, -0.1) is 0 Å². The maximum absolute atomic E-state index is 11.8. The van der Waals surface area contributed by atoms with Crippen LogP contribution in [0.1, 0.15) is 12.0 Å². The average molecular weight is 279 g/mol. The number of ether oxygens (including phenoxy) is 1. The highest BCUT2D eigenvalue weighted by Gasteiger charge is 2.24. The monoisotopic (exact) mass is 279 g/mol. The molecule has 2 rings (SSSR count). The smallest absolute Gasteiger partial charge is 0.260 e. The first-order chi connectivity index (χ1) is 9.60. The predicted octanol–water partition coefficient (Wildman–Crippen LogP) is -0.247. The molecule has 0 radical (unpaired) electrons. The lowest BCUT2D eigenvalue weighted by Crippen LogP contribution is -2.33. The van der Waals surface area contributed by atoms with E-state index in [2.05, 4.69) is 5.16 Å². The van der Waals surface area contributed by atoms with Crippen molar-refractivity contribution in [3.63, 3.8) is 0 Å². The van der Waals surface area contributed by atoms with Crippen molar-refractivity contribution >= 4 is 11.7 Å². The van der Waals surface area contributed by atoms with Gasteiger partial charge in [-0.25, -0.2) is 0 Å². The molecule has 7 nitrogen and oxygen atoms in total. The van der Waals surface area contributed by atoms with Crippen LogP contribution in [-0.2, 0) is 4.79 Å². The van der Waals surface area contributed by atoms with E-state index in [1.165, 1.54) is 0 Å². The summed E-state index contributed by atoms with van der Waals surface area (Å²) in [4.78, 5) is 13.4. The highest BCUT2D eigenvalue weighted by atomic mass is 16.5.